The van der Waals surface area contributed by atoms with Crippen molar-refractivity contribution in [3.63, 3.8) is 0 Å². The van der Waals surface area contributed by atoms with Gasteiger partial charge in [-0.05, 0) is 6.92 Å². The number of carbonyl (C=O) groups excluding carboxylic acids is 1. The third kappa shape index (κ3) is 6.86. The van der Waals surface area contributed by atoms with Crippen molar-refractivity contribution in [2.24, 2.45) is 0 Å². The maximum atomic E-state index is 10.8. The molecule has 2 N–H and O–H groups in total. The Labute approximate surface area is 76.4 Å². The second-order valence-electron chi connectivity index (χ2n) is 2.53. The third-order valence-electron chi connectivity index (χ3n) is 1.18. The first kappa shape index (κ1) is 11.5. The van der Waals surface area contributed by atoms with Crippen LogP contribution in [0.2, 0.25) is 0 Å². The van der Waals surface area contributed by atoms with E-state index >= 15 is 0 Å². The summed E-state index contributed by atoms with van der Waals surface area (Å²) in [6.45, 7) is 5.06. The normalized spacial score (nSPS) is 11.5. The fourth-order valence-electron chi connectivity index (χ4n) is 0.690. The molecule has 0 aliphatic heterocycles. The molecule has 0 aromatic heterocycles. The quantitative estimate of drug-likeness (QED) is 0.623. The van der Waals surface area contributed by atoms with Gasteiger partial charge in [-0.15, -0.1) is 0 Å². The van der Waals surface area contributed by atoms with Crippen LogP contribution in [0.15, 0.2) is 12.7 Å². The van der Waals surface area contributed by atoms with Crippen LogP contribution in [-0.2, 0) is 9.53 Å². The van der Waals surface area contributed by atoms with Crippen molar-refractivity contribution in [2.75, 3.05) is 6.61 Å². The van der Waals surface area contributed by atoms with E-state index in [-0.39, 0.29) is 13.0 Å². The number of amides is 1. The molecule has 0 saturated carbocycles. The highest BCUT2D eigenvalue weighted by molar-refractivity contribution is 5.71. The summed E-state index contributed by atoms with van der Waals surface area (Å²) in [6.07, 6.45) is 0.679. The molecule has 0 aromatic rings. The molecule has 0 aliphatic rings. The second-order valence-corrected chi connectivity index (χ2v) is 2.53. The molecule has 0 bridgehead atoms. The number of rotatable bonds is 5. The molecule has 0 aromatic carbocycles. The number of hydrogen-bond donors (Lipinski definition) is 2. The van der Waals surface area contributed by atoms with E-state index in [0.29, 0.717) is 0 Å². The molecule has 0 rings (SSSR count). The van der Waals surface area contributed by atoms with Crippen LogP contribution in [0.1, 0.15) is 13.3 Å². The molecular weight excluding hydrogens is 174 g/mol. The summed E-state index contributed by atoms with van der Waals surface area (Å²) >= 11 is 0. The maximum Gasteiger partial charge on any atom is 0.407 e. The van der Waals surface area contributed by atoms with E-state index in [1.54, 1.807) is 6.92 Å². The Bertz CT molecular complexity index is 202. The lowest BCUT2D eigenvalue weighted by atomic mass is 10.2. The van der Waals surface area contributed by atoms with Gasteiger partial charge in [-0.2, -0.15) is 0 Å². The molecule has 0 saturated heterocycles. The summed E-state index contributed by atoms with van der Waals surface area (Å²) in [7, 11) is 0. The van der Waals surface area contributed by atoms with Crippen LogP contribution in [-0.4, -0.2) is 29.8 Å². The molecule has 0 aliphatic carbocycles. The second kappa shape index (κ2) is 6.05. The Morgan fingerprint density at radius 3 is 2.77 bits per heavy atom. The Morgan fingerprint density at radius 2 is 2.31 bits per heavy atom. The standard InChI is InChI=1S/C8H13NO4/c1-3-4-13-8(12)9-6(2)5-7(10)11/h3,6H,1,4-5H2,2H3,(H,9,12)(H,10,11). The number of nitrogens with one attached hydrogen (secondary N) is 1. The van der Waals surface area contributed by atoms with Gasteiger partial charge in [-0.25, -0.2) is 4.79 Å². The number of carboxylic acid groups (broad SMARTS) is 1. The average molecular weight is 187 g/mol. The van der Waals surface area contributed by atoms with Crippen molar-refractivity contribution in [3.05, 3.63) is 12.7 Å². The highest BCUT2D eigenvalue weighted by Crippen LogP contribution is 1.91. The molecule has 74 valence electrons. The third-order valence-corrected chi connectivity index (χ3v) is 1.18. The minimum Gasteiger partial charge on any atom is -0.481 e. The molecule has 0 spiro atoms. The van der Waals surface area contributed by atoms with Gasteiger partial charge in [0.2, 0.25) is 0 Å². The SMILES string of the molecule is C=CCOC(=O)NC(C)CC(=O)O. The van der Waals surface area contributed by atoms with Gasteiger partial charge in [0.25, 0.3) is 0 Å². The van der Waals surface area contributed by atoms with Crippen molar-refractivity contribution in [2.45, 2.75) is 19.4 Å². The van der Waals surface area contributed by atoms with Gasteiger partial charge in [0.05, 0.1) is 6.42 Å². The van der Waals surface area contributed by atoms with E-state index in [9.17, 15) is 9.59 Å². The fourth-order valence-corrected chi connectivity index (χ4v) is 0.690. The molecule has 0 radical (unpaired) electrons. The lowest BCUT2D eigenvalue weighted by Crippen LogP contribution is -2.34. The molecule has 1 unspecified atom stereocenters. The van der Waals surface area contributed by atoms with Gasteiger partial charge in [-0.3, -0.25) is 4.79 Å². The summed E-state index contributed by atoms with van der Waals surface area (Å²) in [5.74, 6) is -0.962. The molecule has 13 heavy (non-hydrogen) atoms. The summed E-state index contributed by atoms with van der Waals surface area (Å²) in [6, 6.07) is -0.435. The molecule has 0 heterocycles. The van der Waals surface area contributed by atoms with Crippen LogP contribution in [0.4, 0.5) is 4.79 Å². The Kier molecular flexibility index (Phi) is 5.34. The lowest BCUT2D eigenvalue weighted by molar-refractivity contribution is -0.137. The van der Waals surface area contributed by atoms with Gasteiger partial charge in [0.1, 0.15) is 6.61 Å². The molecule has 5 heteroatoms. The van der Waals surface area contributed by atoms with Crippen LogP contribution in [0.25, 0.3) is 0 Å². The monoisotopic (exact) mass is 187 g/mol. The minimum absolute atomic E-state index is 0.117. The number of alkyl carbamates (subject to hydrolysis) is 1. The van der Waals surface area contributed by atoms with E-state index in [1.165, 1.54) is 6.08 Å². The van der Waals surface area contributed by atoms with Crippen molar-refractivity contribution < 1.29 is 19.4 Å². The highest BCUT2D eigenvalue weighted by Gasteiger charge is 2.10. The number of ether oxygens (including phenoxy) is 1. The van der Waals surface area contributed by atoms with Gasteiger partial charge < -0.3 is 15.2 Å². The van der Waals surface area contributed by atoms with Gasteiger partial charge in [0, 0.05) is 6.04 Å². The van der Waals surface area contributed by atoms with Crippen LogP contribution in [0, 0.1) is 0 Å². The Hall–Kier alpha value is -1.52. The zero-order valence-corrected chi connectivity index (χ0v) is 7.45. The van der Waals surface area contributed by atoms with Crippen LogP contribution in [0.3, 0.4) is 0 Å². The Balaban J connectivity index is 3.64. The fraction of sp³-hybridized carbons (Fsp3) is 0.500. The molecule has 5 nitrogen and oxygen atoms in total. The predicted octanol–water partition coefficient (Wildman–Crippen LogP) is 0.762. The lowest BCUT2D eigenvalue weighted by Gasteiger charge is -2.10. The van der Waals surface area contributed by atoms with E-state index < -0.39 is 18.1 Å². The number of hydrogen-bond acceptors (Lipinski definition) is 3. The van der Waals surface area contributed by atoms with E-state index in [0.717, 1.165) is 0 Å². The number of aliphatic carboxylic acids is 1. The Morgan fingerprint density at radius 1 is 1.69 bits per heavy atom. The maximum absolute atomic E-state index is 10.8. The van der Waals surface area contributed by atoms with Gasteiger partial charge in [-0.1, -0.05) is 12.7 Å². The van der Waals surface area contributed by atoms with Gasteiger partial charge >= 0.3 is 12.1 Å². The van der Waals surface area contributed by atoms with E-state index in [2.05, 4.69) is 16.6 Å². The molecule has 1 atom stereocenters. The first-order valence-corrected chi connectivity index (χ1v) is 3.82. The largest absolute Gasteiger partial charge is 0.481 e. The zero-order chi connectivity index (χ0) is 10.3. The summed E-state index contributed by atoms with van der Waals surface area (Å²) in [4.78, 5) is 21.0. The summed E-state index contributed by atoms with van der Waals surface area (Å²) in [5, 5.41) is 10.7. The molecule has 0 fully saturated rings. The van der Waals surface area contributed by atoms with Crippen LogP contribution < -0.4 is 5.32 Å². The predicted molar refractivity (Wildman–Crippen MR) is 46.4 cm³/mol. The highest BCUT2D eigenvalue weighted by atomic mass is 16.5. The van der Waals surface area contributed by atoms with E-state index in [4.69, 9.17) is 5.11 Å². The average Bonchev–Trinajstić information content (AvgIpc) is 1.98. The van der Waals surface area contributed by atoms with E-state index in [1.807, 2.05) is 0 Å². The minimum atomic E-state index is -0.962. The summed E-state index contributed by atoms with van der Waals surface area (Å²) < 4.78 is 4.58. The first-order chi connectivity index (χ1) is 6.06. The molecule has 1 amide bonds. The van der Waals surface area contributed by atoms with Crippen molar-refractivity contribution >= 4 is 12.1 Å². The first-order valence-electron chi connectivity index (χ1n) is 3.82. The summed E-state index contributed by atoms with van der Waals surface area (Å²) in [5.41, 5.74) is 0. The smallest absolute Gasteiger partial charge is 0.407 e. The zero-order valence-electron chi connectivity index (χ0n) is 7.45. The van der Waals surface area contributed by atoms with Crippen molar-refractivity contribution in [1.82, 2.24) is 5.32 Å². The number of carboxylic acids is 1. The van der Waals surface area contributed by atoms with Crippen molar-refractivity contribution in [3.8, 4) is 0 Å². The van der Waals surface area contributed by atoms with Gasteiger partial charge in [0.15, 0.2) is 0 Å². The number of carbonyl (C=O) groups is 2. The van der Waals surface area contributed by atoms with Crippen molar-refractivity contribution in [1.29, 1.82) is 0 Å². The topological polar surface area (TPSA) is 75.6 Å². The van der Waals surface area contributed by atoms with Crippen LogP contribution in [0.5, 0.6) is 0 Å². The van der Waals surface area contributed by atoms with Crippen LogP contribution >= 0.6 is 0 Å². The molecular formula is C8H13NO4.